The van der Waals surface area contributed by atoms with Crippen molar-refractivity contribution in [1.82, 2.24) is 10.3 Å². The van der Waals surface area contributed by atoms with Gasteiger partial charge in [0.2, 0.25) is 0 Å². The first kappa shape index (κ1) is 15.5. The highest BCUT2D eigenvalue weighted by molar-refractivity contribution is 7.13. The second kappa shape index (κ2) is 7.75. The molecule has 0 fully saturated rings. The Bertz CT molecular complexity index is 572. The van der Waals surface area contributed by atoms with Crippen molar-refractivity contribution in [1.29, 1.82) is 0 Å². The molecule has 0 aliphatic carbocycles. The highest BCUT2D eigenvalue weighted by Gasteiger charge is 2.06. The SMILES string of the molecule is CCC(O)CCNC(=O)Nc1cccc(-c2nccs2)c1. The van der Waals surface area contributed by atoms with Gasteiger partial charge in [-0.25, -0.2) is 9.78 Å². The third-order valence-electron chi connectivity index (χ3n) is 3.03. The van der Waals surface area contributed by atoms with E-state index >= 15 is 0 Å². The minimum absolute atomic E-state index is 0.269. The molecule has 1 unspecified atom stereocenters. The summed E-state index contributed by atoms with van der Waals surface area (Å²) in [5.41, 5.74) is 1.69. The van der Waals surface area contributed by atoms with Crippen molar-refractivity contribution >= 4 is 23.1 Å². The summed E-state index contributed by atoms with van der Waals surface area (Å²) in [6.07, 6.45) is 2.65. The van der Waals surface area contributed by atoms with E-state index in [-0.39, 0.29) is 12.1 Å². The van der Waals surface area contributed by atoms with Gasteiger partial charge in [-0.15, -0.1) is 11.3 Å². The topological polar surface area (TPSA) is 74.2 Å². The van der Waals surface area contributed by atoms with Crippen molar-refractivity contribution in [3.8, 4) is 10.6 Å². The molecule has 0 saturated heterocycles. The lowest BCUT2D eigenvalue weighted by atomic mass is 10.2. The van der Waals surface area contributed by atoms with E-state index in [2.05, 4.69) is 15.6 Å². The number of aliphatic hydroxyl groups is 1. The predicted molar refractivity (Wildman–Crippen MR) is 85.5 cm³/mol. The van der Waals surface area contributed by atoms with Crippen LogP contribution in [0.4, 0.5) is 10.5 Å². The summed E-state index contributed by atoms with van der Waals surface area (Å²) in [5, 5.41) is 17.8. The number of rotatable bonds is 6. The van der Waals surface area contributed by atoms with Gasteiger partial charge in [0.25, 0.3) is 0 Å². The van der Waals surface area contributed by atoms with Crippen LogP contribution in [-0.4, -0.2) is 28.8 Å². The molecule has 2 aromatic rings. The third-order valence-corrected chi connectivity index (χ3v) is 3.86. The zero-order chi connectivity index (χ0) is 15.1. The van der Waals surface area contributed by atoms with Crippen LogP contribution in [0.5, 0.6) is 0 Å². The van der Waals surface area contributed by atoms with E-state index in [0.717, 1.165) is 16.3 Å². The summed E-state index contributed by atoms with van der Waals surface area (Å²) >= 11 is 1.56. The standard InChI is InChI=1S/C15H19N3O2S/c1-2-13(19)6-7-17-15(20)18-12-5-3-4-11(10-12)14-16-8-9-21-14/h3-5,8-10,13,19H,2,6-7H2,1H3,(H2,17,18,20). The van der Waals surface area contributed by atoms with Crippen LogP contribution < -0.4 is 10.6 Å². The first-order valence-corrected chi connectivity index (χ1v) is 7.80. The maximum atomic E-state index is 11.8. The van der Waals surface area contributed by atoms with E-state index in [1.807, 2.05) is 36.6 Å². The summed E-state index contributed by atoms with van der Waals surface area (Å²) in [4.78, 5) is 16.0. The molecular formula is C15H19N3O2S. The van der Waals surface area contributed by atoms with Gasteiger partial charge in [-0.05, 0) is 25.0 Å². The lowest BCUT2D eigenvalue weighted by Gasteiger charge is -2.10. The molecule has 1 heterocycles. The Morgan fingerprint density at radius 1 is 1.48 bits per heavy atom. The fourth-order valence-corrected chi connectivity index (χ4v) is 2.46. The number of carbonyl (C=O) groups excluding carboxylic acids is 1. The molecule has 1 atom stereocenters. The molecule has 1 aromatic heterocycles. The quantitative estimate of drug-likeness (QED) is 0.767. The van der Waals surface area contributed by atoms with E-state index in [1.165, 1.54) is 0 Å². The normalized spacial score (nSPS) is 11.9. The Labute approximate surface area is 128 Å². The number of amides is 2. The van der Waals surface area contributed by atoms with Crippen LogP contribution in [0.3, 0.4) is 0 Å². The molecule has 1 aromatic carbocycles. The molecule has 0 bridgehead atoms. The van der Waals surface area contributed by atoms with E-state index in [0.29, 0.717) is 19.4 Å². The van der Waals surface area contributed by atoms with Crippen molar-refractivity contribution in [3.05, 3.63) is 35.8 Å². The molecule has 0 spiro atoms. The van der Waals surface area contributed by atoms with Crippen molar-refractivity contribution in [3.63, 3.8) is 0 Å². The number of benzene rings is 1. The zero-order valence-electron chi connectivity index (χ0n) is 11.9. The van der Waals surface area contributed by atoms with Gasteiger partial charge >= 0.3 is 6.03 Å². The second-order valence-electron chi connectivity index (χ2n) is 4.65. The smallest absolute Gasteiger partial charge is 0.319 e. The number of hydrogen-bond donors (Lipinski definition) is 3. The Hall–Kier alpha value is -1.92. The average Bonchev–Trinajstić information content (AvgIpc) is 3.01. The average molecular weight is 305 g/mol. The van der Waals surface area contributed by atoms with Gasteiger partial charge in [0.1, 0.15) is 5.01 Å². The number of urea groups is 1. The van der Waals surface area contributed by atoms with Gasteiger partial charge in [-0.1, -0.05) is 19.1 Å². The first-order chi connectivity index (χ1) is 10.2. The number of anilines is 1. The van der Waals surface area contributed by atoms with Gasteiger partial charge in [-0.2, -0.15) is 0 Å². The van der Waals surface area contributed by atoms with Crippen molar-refractivity contribution < 1.29 is 9.90 Å². The molecule has 2 amide bonds. The fraction of sp³-hybridized carbons (Fsp3) is 0.333. The van der Waals surface area contributed by atoms with Gasteiger partial charge in [-0.3, -0.25) is 0 Å². The van der Waals surface area contributed by atoms with Crippen LogP contribution in [0.2, 0.25) is 0 Å². The summed E-state index contributed by atoms with van der Waals surface area (Å²) in [7, 11) is 0. The number of thiazole rings is 1. The number of carbonyl (C=O) groups is 1. The van der Waals surface area contributed by atoms with Crippen molar-refractivity contribution in [2.75, 3.05) is 11.9 Å². The van der Waals surface area contributed by atoms with Crippen LogP contribution in [0.25, 0.3) is 10.6 Å². The lowest BCUT2D eigenvalue weighted by molar-refractivity contribution is 0.160. The van der Waals surface area contributed by atoms with E-state index in [1.54, 1.807) is 17.5 Å². The molecule has 0 aliphatic heterocycles. The summed E-state index contributed by atoms with van der Waals surface area (Å²) in [5.74, 6) is 0. The number of nitrogens with one attached hydrogen (secondary N) is 2. The minimum atomic E-state index is -0.362. The molecule has 0 aliphatic rings. The molecule has 3 N–H and O–H groups in total. The van der Waals surface area contributed by atoms with Gasteiger partial charge in [0, 0.05) is 29.4 Å². The molecule has 21 heavy (non-hydrogen) atoms. The van der Waals surface area contributed by atoms with E-state index in [9.17, 15) is 9.90 Å². The molecule has 0 radical (unpaired) electrons. The van der Waals surface area contributed by atoms with Gasteiger partial charge in [0.05, 0.1) is 6.10 Å². The Balaban J connectivity index is 1.88. The van der Waals surface area contributed by atoms with Crippen LogP contribution in [0.15, 0.2) is 35.8 Å². The highest BCUT2D eigenvalue weighted by Crippen LogP contribution is 2.24. The Kier molecular flexibility index (Phi) is 5.71. The number of aromatic nitrogens is 1. The van der Waals surface area contributed by atoms with Crippen molar-refractivity contribution in [2.45, 2.75) is 25.9 Å². The monoisotopic (exact) mass is 305 g/mol. The molecule has 0 saturated carbocycles. The molecular weight excluding hydrogens is 286 g/mol. The Morgan fingerprint density at radius 2 is 2.33 bits per heavy atom. The maximum absolute atomic E-state index is 11.8. The largest absolute Gasteiger partial charge is 0.393 e. The number of nitrogens with zero attached hydrogens (tertiary/aromatic N) is 1. The Morgan fingerprint density at radius 3 is 3.05 bits per heavy atom. The number of aliphatic hydroxyl groups excluding tert-OH is 1. The molecule has 5 nitrogen and oxygen atoms in total. The summed E-state index contributed by atoms with van der Waals surface area (Å²) in [6.45, 7) is 2.36. The predicted octanol–water partition coefficient (Wildman–Crippen LogP) is 3.09. The van der Waals surface area contributed by atoms with Gasteiger partial charge < -0.3 is 15.7 Å². The van der Waals surface area contributed by atoms with Crippen LogP contribution >= 0.6 is 11.3 Å². The molecule has 112 valence electrons. The lowest BCUT2D eigenvalue weighted by Crippen LogP contribution is -2.31. The highest BCUT2D eigenvalue weighted by atomic mass is 32.1. The summed E-state index contributed by atoms with van der Waals surface area (Å²) in [6, 6.07) is 7.29. The van der Waals surface area contributed by atoms with Crippen LogP contribution in [0, 0.1) is 0 Å². The molecule has 2 rings (SSSR count). The van der Waals surface area contributed by atoms with Gasteiger partial charge in [0.15, 0.2) is 0 Å². The fourth-order valence-electron chi connectivity index (χ4n) is 1.83. The zero-order valence-corrected chi connectivity index (χ0v) is 12.7. The minimum Gasteiger partial charge on any atom is -0.393 e. The first-order valence-electron chi connectivity index (χ1n) is 6.92. The van der Waals surface area contributed by atoms with Crippen LogP contribution in [0.1, 0.15) is 19.8 Å². The summed E-state index contributed by atoms with van der Waals surface area (Å²) < 4.78 is 0. The molecule has 6 heteroatoms. The maximum Gasteiger partial charge on any atom is 0.319 e. The van der Waals surface area contributed by atoms with E-state index < -0.39 is 0 Å². The van der Waals surface area contributed by atoms with E-state index in [4.69, 9.17) is 0 Å². The van der Waals surface area contributed by atoms with Crippen LogP contribution in [-0.2, 0) is 0 Å². The van der Waals surface area contributed by atoms with Crippen molar-refractivity contribution in [2.24, 2.45) is 0 Å². The number of hydrogen-bond acceptors (Lipinski definition) is 4. The third kappa shape index (κ3) is 4.84. The second-order valence-corrected chi connectivity index (χ2v) is 5.54.